The van der Waals surface area contributed by atoms with Gasteiger partial charge in [-0.25, -0.2) is 0 Å². The maximum Gasteiger partial charge on any atom is 0.176 e. The summed E-state index contributed by atoms with van der Waals surface area (Å²) < 4.78 is 1.00. The smallest absolute Gasteiger partial charge is 0.176 e. The molecule has 1 aliphatic rings. The van der Waals surface area contributed by atoms with Crippen LogP contribution in [-0.4, -0.2) is 54.3 Å². The molecule has 0 atom stereocenters. The molecule has 3 nitrogen and oxygen atoms in total. The quantitative estimate of drug-likeness (QED) is 0.799. The summed E-state index contributed by atoms with van der Waals surface area (Å²) in [5, 5.41) is 0. The lowest BCUT2D eigenvalue weighted by atomic mass is 9.99. The number of hydrogen-bond donors (Lipinski definition) is 0. The van der Waals surface area contributed by atoms with E-state index in [0.717, 1.165) is 29.7 Å². The molecular weight excluding hydrogens is 304 g/mol. The molecular formula is C15H21BrN2O. The van der Waals surface area contributed by atoms with Gasteiger partial charge < -0.3 is 0 Å². The summed E-state index contributed by atoms with van der Waals surface area (Å²) in [6, 6.07) is 7.60. The Bertz CT molecular complexity index is 456. The Kier molecular flexibility index (Phi) is 4.43. The molecule has 1 fully saturated rings. The van der Waals surface area contributed by atoms with Crippen molar-refractivity contribution in [1.29, 1.82) is 0 Å². The Morgan fingerprint density at radius 3 is 2.47 bits per heavy atom. The molecule has 1 aliphatic heterocycles. The van der Waals surface area contributed by atoms with Crippen LogP contribution < -0.4 is 0 Å². The van der Waals surface area contributed by atoms with Crippen molar-refractivity contribution in [3.05, 3.63) is 34.3 Å². The number of nitrogens with zero attached hydrogens (tertiary/aromatic N) is 2. The Labute approximate surface area is 123 Å². The number of benzene rings is 1. The standard InChI is InChI=1S/C15H21BrN2O/c1-15(2)11-18(9-8-17(15)3)10-14(19)12-4-6-13(16)7-5-12/h4-7H,8-11H2,1-3H3. The number of carbonyl (C=O) groups is 1. The second-order valence-corrected chi connectivity index (χ2v) is 6.79. The lowest BCUT2D eigenvalue weighted by Gasteiger charge is -2.45. The summed E-state index contributed by atoms with van der Waals surface area (Å²) in [4.78, 5) is 16.9. The first-order chi connectivity index (χ1) is 8.88. The highest BCUT2D eigenvalue weighted by atomic mass is 79.9. The molecule has 2 rings (SSSR count). The van der Waals surface area contributed by atoms with Gasteiger partial charge in [-0.1, -0.05) is 28.1 Å². The summed E-state index contributed by atoms with van der Waals surface area (Å²) in [6.07, 6.45) is 0. The van der Waals surface area contributed by atoms with E-state index >= 15 is 0 Å². The van der Waals surface area contributed by atoms with Gasteiger partial charge in [-0.2, -0.15) is 0 Å². The second kappa shape index (κ2) is 5.73. The van der Waals surface area contributed by atoms with Crippen LogP contribution in [0.3, 0.4) is 0 Å². The van der Waals surface area contributed by atoms with E-state index in [1.54, 1.807) is 0 Å². The fourth-order valence-electron chi connectivity index (χ4n) is 2.41. The number of carbonyl (C=O) groups excluding carboxylic acids is 1. The maximum atomic E-state index is 12.2. The highest BCUT2D eigenvalue weighted by molar-refractivity contribution is 9.10. The third-order valence-corrected chi connectivity index (χ3v) is 4.46. The molecule has 0 aliphatic carbocycles. The van der Waals surface area contributed by atoms with Crippen LogP contribution in [0.1, 0.15) is 24.2 Å². The van der Waals surface area contributed by atoms with Gasteiger partial charge in [0.15, 0.2) is 5.78 Å². The number of rotatable bonds is 3. The van der Waals surface area contributed by atoms with E-state index in [1.807, 2.05) is 24.3 Å². The van der Waals surface area contributed by atoms with Gasteiger partial charge in [-0.05, 0) is 33.0 Å². The van der Waals surface area contributed by atoms with E-state index in [9.17, 15) is 4.79 Å². The largest absolute Gasteiger partial charge is 0.299 e. The zero-order chi connectivity index (χ0) is 14.0. The van der Waals surface area contributed by atoms with Crippen LogP contribution in [0.4, 0.5) is 0 Å². The van der Waals surface area contributed by atoms with E-state index in [-0.39, 0.29) is 11.3 Å². The molecule has 104 valence electrons. The molecule has 0 N–H and O–H groups in total. The zero-order valence-corrected chi connectivity index (χ0v) is 13.4. The van der Waals surface area contributed by atoms with Gasteiger partial charge in [0.1, 0.15) is 0 Å². The zero-order valence-electron chi connectivity index (χ0n) is 11.8. The highest BCUT2D eigenvalue weighted by Crippen LogP contribution is 2.19. The van der Waals surface area contributed by atoms with E-state index in [4.69, 9.17) is 0 Å². The Morgan fingerprint density at radius 2 is 1.89 bits per heavy atom. The second-order valence-electron chi connectivity index (χ2n) is 5.87. The summed E-state index contributed by atoms with van der Waals surface area (Å²) in [5.41, 5.74) is 0.929. The van der Waals surface area contributed by atoms with Crippen molar-refractivity contribution in [3.8, 4) is 0 Å². The number of likely N-dealkylation sites (N-methyl/N-ethyl adjacent to an activating group) is 1. The van der Waals surface area contributed by atoms with Crippen molar-refractivity contribution in [2.45, 2.75) is 19.4 Å². The number of halogens is 1. The first-order valence-corrected chi connectivity index (χ1v) is 7.40. The fourth-order valence-corrected chi connectivity index (χ4v) is 2.67. The molecule has 1 saturated heterocycles. The summed E-state index contributed by atoms with van der Waals surface area (Å²) in [7, 11) is 2.15. The minimum absolute atomic E-state index is 0.137. The predicted octanol–water partition coefficient (Wildman–Crippen LogP) is 2.66. The van der Waals surface area contributed by atoms with E-state index in [1.165, 1.54) is 0 Å². The van der Waals surface area contributed by atoms with Gasteiger partial charge in [0.25, 0.3) is 0 Å². The molecule has 1 aromatic carbocycles. The summed E-state index contributed by atoms with van der Waals surface area (Å²) in [6.45, 7) is 7.88. The maximum absolute atomic E-state index is 12.2. The van der Waals surface area contributed by atoms with Crippen molar-refractivity contribution in [3.63, 3.8) is 0 Å². The molecule has 0 saturated carbocycles. The number of Topliss-reactive ketones (excluding diaryl/α,β-unsaturated/α-hetero) is 1. The van der Waals surface area contributed by atoms with Crippen molar-refractivity contribution in [2.24, 2.45) is 0 Å². The SMILES string of the molecule is CN1CCN(CC(=O)c2ccc(Br)cc2)CC1(C)C. The van der Waals surface area contributed by atoms with E-state index < -0.39 is 0 Å². The fraction of sp³-hybridized carbons (Fsp3) is 0.533. The first-order valence-electron chi connectivity index (χ1n) is 6.61. The van der Waals surface area contributed by atoms with Crippen LogP contribution in [0, 0.1) is 0 Å². The monoisotopic (exact) mass is 324 g/mol. The average Bonchev–Trinajstić information content (AvgIpc) is 2.34. The minimum Gasteiger partial charge on any atom is -0.299 e. The number of ketones is 1. The Morgan fingerprint density at radius 1 is 1.26 bits per heavy atom. The van der Waals surface area contributed by atoms with Crippen LogP contribution in [0.2, 0.25) is 0 Å². The van der Waals surface area contributed by atoms with Crippen LogP contribution in [0.15, 0.2) is 28.7 Å². The molecule has 0 spiro atoms. The number of hydrogen-bond acceptors (Lipinski definition) is 3. The molecule has 4 heteroatoms. The lowest BCUT2D eigenvalue weighted by Crippen LogP contribution is -2.58. The van der Waals surface area contributed by atoms with Crippen LogP contribution >= 0.6 is 15.9 Å². The van der Waals surface area contributed by atoms with Gasteiger partial charge in [0.05, 0.1) is 6.54 Å². The normalized spacial score (nSPS) is 20.4. The molecule has 0 unspecified atom stereocenters. The van der Waals surface area contributed by atoms with E-state index in [2.05, 4.69) is 46.6 Å². The molecule has 0 aromatic heterocycles. The van der Waals surface area contributed by atoms with Crippen molar-refractivity contribution in [2.75, 3.05) is 33.2 Å². The third-order valence-electron chi connectivity index (χ3n) is 3.93. The lowest BCUT2D eigenvalue weighted by molar-refractivity contribution is 0.0390. The minimum atomic E-state index is 0.137. The Balaban J connectivity index is 1.98. The third kappa shape index (κ3) is 3.65. The average molecular weight is 325 g/mol. The first kappa shape index (κ1) is 14.7. The topological polar surface area (TPSA) is 23.6 Å². The number of piperazine rings is 1. The highest BCUT2D eigenvalue weighted by Gasteiger charge is 2.31. The van der Waals surface area contributed by atoms with Crippen molar-refractivity contribution < 1.29 is 4.79 Å². The Hall–Kier alpha value is -0.710. The molecule has 1 heterocycles. The molecule has 0 bridgehead atoms. The van der Waals surface area contributed by atoms with Gasteiger partial charge in [-0.15, -0.1) is 0 Å². The van der Waals surface area contributed by atoms with Gasteiger partial charge in [-0.3, -0.25) is 14.6 Å². The van der Waals surface area contributed by atoms with Crippen molar-refractivity contribution in [1.82, 2.24) is 9.80 Å². The summed E-state index contributed by atoms with van der Waals surface area (Å²) in [5.74, 6) is 0.202. The molecule has 1 aromatic rings. The molecule has 0 radical (unpaired) electrons. The van der Waals surface area contributed by atoms with Crippen molar-refractivity contribution >= 4 is 21.7 Å². The molecule has 19 heavy (non-hydrogen) atoms. The molecule has 0 amide bonds. The van der Waals surface area contributed by atoms with Crippen LogP contribution in [0.25, 0.3) is 0 Å². The predicted molar refractivity (Wildman–Crippen MR) is 81.6 cm³/mol. The van der Waals surface area contributed by atoms with Gasteiger partial charge in [0, 0.05) is 35.2 Å². The van der Waals surface area contributed by atoms with E-state index in [0.29, 0.717) is 6.54 Å². The summed E-state index contributed by atoms with van der Waals surface area (Å²) >= 11 is 3.39. The van der Waals surface area contributed by atoms with Crippen LogP contribution in [-0.2, 0) is 0 Å². The van der Waals surface area contributed by atoms with Crippen LogP contribution in [0.5, 0.6) is 0 Å². The van der Waals surface area contributed by atoms with Gasteiger partial charge in [0.2, 0.25) is 0 Å². The van der Waals surface area contributed by atoms with Gasteiger partial charge >= 0.3 is 0 Å².